The van der Waals surface area contributed by atoms with Crippen LogP contribution in [0.3, 0.4) is 0 Å². The molecule has 8 nitrogen and oxygen atoms in total. The molecule has 0 aliphatic carbocycles. The van der Waals surface area contributed by atoms with Crippen LogP contribution in [0, 0.1) is 0 Å². The number of phenolic OH excluding ortho intramolecular Hbond substituents is 1. The SMILES string of the molecule is CCOc1cc([C@H]2C(=C(O)c3ccccc3)C(=O)C(=O)N2CCN2CCOCC2)ccc1O. The van der Waals surface area contributed by atoms with Gasteiger partial charge >= 0.3 is 0 Å². The molecule has 2 aromatic rings. The highest BCUT2D eigenvalue weighted by molar-refractivity contribution is 6.46. The van der Waals surface area contributed by atoms with Crippen molar-refractivity contribution in [2.24, 2.45) is 0 Å². The van der Waals surface area contributed by atoms with Crippen LogP contribution in [-0.4, -0.2) is 77.7 Å². The summed E-state index contributed by atoms with van der Waals surface area (Å²) >= 11 is 0. The average Bonchev–Trinajstić information content (AvgIpc) is 3.10. The van der Waals surface area contributed by atoms with Crippen molar-refractivity contribution < 1.29 is 29.3 Å². The van der Waals surface area contributed by atoms with E-state index in [-0.39, 0.29) is 22.8 Å². The molecule has 2 heterocycles. The maximum Gasteiger partial charge on any atom is 0.295 e. The maximum absolute atomic E-state index is 13.1. The predicted molar refractivity (Wildman–Crippen MR) is 122 cm³/mol. The summed E-state index contributed by atoms with van der Waals surface area (Å²) in [6, 6.07) is 12.6. The number of ether oxygens (including phenoxy) is 2. The molecule has 1 atom stereocenters. The third-order valence-electron chi connectivity index (χ3n) is 5.95. The van der Waals surface area contributed by atoms with E-state index in [9.17, 15) is 19.8 Å². The van der Waals surface area contributed by atoms with Crippen molar-refractivity contribution in [2.75, 3.05) is 46.0 Å². The van der Waals surface area contributed by atoms with Gasteiger partial charge in [0.15, 0.2) is 11.5 Å². The van der Waals surface area contributed by atoms with E-state index in [1.165, 1.54) is 11.0 Å². The van der Waals surface area contributed by atoms with Crippen LogP contribution in [0.15, 0.2) is 54.1 Å². The maximum atomic E-state index is 13.1. The van der Waals surface area contributed by atoms with Crippen molar-refractivity contribution in [3.05, 3.63) is 65.2 Å². The Morgan fingerprint density at radius 1 is 1.09 bits per heavy atom. The van der Waals surface area contributed by atoms with Gasteiger partial charge in [-0.15, -0.1) is 0 Å². The van der Waals surface area contributed by atoms with Crippen LogP contribution in [0.2, 0.25) is 0 Å². The molecule has 2 aliphatic heterocycles. The minimum absolute atomic E-state index is 0.0290. The summed E-state index contributed by atoms with van der Waals surface area (Å²) in [6.45, 7) is 5.81. The number of likely N-dealkylation sites (tertiary alicyclic amines) is 1. The number of rotatable bonds is 7. The number of hydrogen-bond donors (Lipinski definition) is 2. The second-order valence-corrected chi connectivity index (χ2v) is 7.97. The monoisotopic (exact) mass is 452 g/mol. The van der Waals surface area contributed by atoms with E-state index in [4.69, 9.17) is 9.47 Å². The Balaban J connectivity index is 1.76. The normalized spacial score (nSPS) is 20.9. The van der Waals surface area contributed by atoms with Gasteiger partial charge in [-0.1, -0.05) is 36.4 Å². The number of aliphatic hydroxyl groups is 1. The Hall–Kier alpha value is -3.36. The fraction of sp³-hybridized carbons (Fsp3) is 0.360. The number of carbonyl (C=O) groups is 2. The average molecular weight is 453 g/mol. The molecule has 0 radical (unpaired) electrons. The quantitative estimate of drug-likeness (QED) is 0.378. The molecule has 2 fully saturated rings. The van der Waals surface area contributed by atoms with Gasteiger partial charge in [0.2, 0.25) is 0 Å². The molecule has 0 aromatic heterocycles. The van der Waals surface area contributed by atoms with E-state index in [1.54, 1.807) is 43.3 Å². The first-order valence-electron chi connectivity index (χ1n) is 11.1. The van der Waals surface area contributed by atoms with Gasteiger partial charge in [0.05, 0.1) is 31.4 Å². The van der Waals surface area contributed by atoms with Crippen LogP contribution in [0.25, 0.3) is 5.76 Å². The lowest BCUT2D eigenvalue weighted by Gasteiger charge is -2.31. The smallest absolute Gasteiger partial charge is 0.295 e. The first kappa shape index (κ1) is 22.8. The van der Waals surface area contributed by atoms with Crippen molar-refractivity contribution in [3.8, 4) is 11.5 Å². The Labute approximate surface area is 192 Å². The zero-order chi connectivity index (χ0) is 23.4. The fourth-order valence-corrected chi connectivity index (χ4v) is 4.25. The lowest BCUT2D eigenvalue weighted by Crippen LogP contribution is -2.42. The summed E-state index contributed by atoms with van der Waals surface area (Å²) < 4.78 is 10.9. The molecule has 0 spiro atoms. The molecule has 2 aromatic carbocycles. The third kappa shape index (κ3) is 4.72. The molecule has 2 aliphatic rings. The van der Waals surface area contributed by atoms with Crippen molar-refractivity contribution >= 4 is 17.4 Å². The number of carbonyl (C=O) groups excluding carboxylic acids is 2. The number of benzene rings is 2. The predicted octanol–water partition coefficient (Wildman–Crippen LogP) is 2.54. The third-order valence-corrected chi connectivity index (χ3v) is 5.95. The second-order valence-electron chi connectivity index (χ2n) is 7.97. The first-order chi connectivity index (χ1) is 16.0. The van der Waals surface area contributed by atoms with Gasteiger partial charge in [0, 0.05) is 31.7 Å². The fourth-order valence-electron chi connectivity index (χ4n) is 4.25. The number of phenols is 1. The van der Waals surface area contributed by atoms with Gasteiger partial charge < -0.3 is 24.6 Å². The van der Waals surface area contributed by atoms with Gasteiger partial charge in [-0.05, 0) is 24.6 Å². The minimum Gasteiger partial charge on any atom is -0.507 e. The van der Waals surface area contributed by atoms with E-state index in [2.05, 4.69) is 4.90 Å². The van der Waals surface area contributed by atoms with E-state index < -0.39 is 17.7 Å². The number of nitrogens with zero attached hydrogens (tertiary/aromatic N) is 2. The summed E-state index contributed by atoms with van der Waals surface area (Å²) in [6.07, 6.45) is 0. The topological polar surface area (TPSA) is 99.5 Å². The Bertz CT molecular complexity index is 1050. The summed E-state index contributed by atoms with van der Waals surface area (Å²) in [5.74, 6) is -1.38. The number of hydrogen-bond acceptors (Lipinski definition) is 7. The van der Waals surface area contributed by atoms with Crippen LogP contribution < -0.4 is 4.74 Å². The Morgan fingerprint density at radius 2 is 1.82 bits per heavy atom. The Kier molecular flexibility index (Phi) is 6.96. The van der Waals surface area contributed by atoms with Crippen LogP contribution >= 0.6 is 0 Å². The molecular formula is C25H28N2O6. The number of morpholine rings is 1. The molecule has 8 heteroatoms. The van der Waals surface area contributed by atoms with Crippen molar-refractivity contribution in [1.29, 1.82) is 0 Å². The van der Waals surface area contributed by atoms with E-state index in [0.29, 0.717) is 44.0 Å². The summed E-state index contributed by atoms with van der Waals surface area (Å²) in [5.41, 5.74) is 1.06. The van der Waals surface area contributed by atoms with Crippen molar-refractivity contribution in [2.45, 2.75) is 13.0 Å². The van der Waals surface area contributed by atoms with Crippen molar-refractivity contribution in [1.82, 2.24) is 9.80 Å². The largest absolute Gasteiger partial charge is 0.507 e. The van der Waals surface area contributed by atoms with E-state index in [1.807, 2.05) is 6.07 Å². The minimum atomic E-state index is -0.800. The number of ketones is 1. The number of aromatic hydroxyl groups is 1. The van der Waals surface area contributed by atoms with Gasteiger partial charge in [-0.3, -0.25) is 14.5 Å². The summed E-state index contributed by atoms with van der Waals surface area (Å²) in [4.78, 5) is 29.9. The lowest BCUT2D eigenvalue weighted by atomic mass is 9.95. The highest BCUT2D eigenvalue weighted by Gasteiger charge is 2.46. The molecule has 0 unspecified atom stereocenters. The van der Waals surface area contributed by atoms with Gasteiger partial charge in [0.25, 0.3) is 11.7 Å². The number of aliphatic hydroxyl groups excluding tert-OH is 1. The Morgan fingerprint density at radius 3 is 2.52 bits per heavy atom. The van der Waals surface area contributed by atoms with Crippen LogP contribution in [0.4, 0.5) is 0 Å². The molecule has 2 N–H and O–H groups in total. The second kappa shape index (κ2) is 10.1. The number of Topliss-reactive ketones (excluding diaryl/α,β-unsaturated/α-hetero) is 1. The van der Waals surface area contributed by atoms with E-state index in [0.717, 1.165) is 13.1 Å². The molecule has 174 valence electrons. The molecule has 4 rings (SSSR count). The van der Waals surface area contributed by atoms with Crippen LogP contribution in [0.5, 0.6) is 11.5 Å². The highest BCUT2D eigenvalue weighted by atomic mass is 16.5. The zero-order valence-electron chi connectivity index (χ0n) is 18.6. The van der Waals surface area contributed by atoms with Crippen LogP contribution in [-0.2, 0) is 14.3 Å². The van der Waals surface area contributed by atoms with Crippen LogP contribution in [0.1, 0.15) is 24.1 Å². The molecule has 1 amide bonds. The molecule has 33 heavy (non-hydrogen) atoms. The van der Waals surface area contributed by atoms with Gasteiger partial charge in [-0.25, -0.2) is 0 Å². The summed E-state index contributed by atoms with van der Waals surface area (Å²) in [7, 11) is 0. The number of amides is 1. The molecule has 0 saturated carbocycles. The standard InChI is InChI=1S/C25H28N2O6/c1-2-33-20-16-18(8-9-19(20)28)22-21(23(29)17-6-4-3-5-7-17)24(30)25(31)27(22)11-10-26-12-14-32-15-13-26/h3-9,16,22,28-29H,2,10-15H2,1H3/t22-/m0/s1. The van der Waals surface area contributed by atoms with Gasteiger partial charge in [-0.2, -0.15) is 0 Å². The highest BCUT2D eigenvalue weighted by Crippen LogP contribution is 2.41. The molecule has 0 bridgehead atoms. The lowest BCUT2D eigenvalue weighted by molar-refractivity contribution is -0.140. The summed E-state index contributed by atoms with van der Waals surface area (Å²) in [5, 5.41) is 21.2. The molecule has 2 saturated heterocycles. The van der Waals surface area contributed by atoms with Gasteiger partial charge in [0.1, 0.15) is 5.76 Å². The molecular weight excluding hydrogens is 424 g/mol. The zero-order valence-corrected chi connectivity index (χ0v) is 18.6. The first-order valence-corrected chi connectivity index (χ1v) is 11.1. The van der Waals surface area contributed by atoms with E-state index >= 15 is 0 Å². The van der Waals surface area contributed by atoms with Crippen molar-refractivity contribution in [3.63, 3.8) is 0 Å².